The van der Waals surface area contributed by atoms with Gasteiger partial charge in [0.25, 0.3) is 0 Å². The van der Waals surface area contributed by atoms with Crippen molar-refractivity contribution in [2.24, 2.45) is 0 Å². The van der Waals surface area contributed by atoms with Gasteiger partial charge < -0.3 is 0 Å². The lowest BCUT2D eigenvalue weighted by Crippen LogP contribution is -2.17. The molecule has 0 atom stereocenters. The summed E-state index contributed by atoms with van der Waals surface area (Å²) >= 11 is 0. The molecule has 0 N–H and O–H groups in total. The Labute approximate surface area is 291 Å². The van der Waals surface area contributed by atoms with Crippen LogP contribution in [-0.4, -0.2) is 0 Å². The van der Waals surface area contributed by atoms with Gasteiger partial charge in [-0.1, -0.05) is 148 Å². The second-order valence-corrected chi connectivity index (χ2v) is 16.5. The van der Waals surface area contributed by atoms with Crippen molar-refractivity contribution in [1.82, 2.24) is 0 Å². The summed E-state index contributed by atoms with van der Waals surface area (Å²) in [5, 5.41) is 5.36. The molecule has 2 aliphatic rings. The van der Waals surface area contributed by atoms with E-state index in [1.54, 1.807) is 0 Å². The summed E-state index contributed by atoms with van der Waals surface area (Å²) in [4.78, 5) is 0. The lowest BCUT2D eigenvalue weighted by atomic mass is 9.77. The third kappa shape index (κ3) is 4.29. The molecular formula is C49H44. The van der Waals surface area contributed by atoms with E-state index < -0.39 is 0 Å². The Morgan fingerprint density at radius 1 is 0.449 bits per heavy atom. The first-order valence-corrected chi connectivity index (χ1v) is 17.8. The third-order valence-electron chi connectivity index (χ3n) is 11.4. The molecule has 7 aromatic carbocycles. The fourth-order valence-electron chi connectivity index (χ4n) is 9.31. The Morgan fingerprint density at radius 3 is 1.45 bits per heavy atom. The van der Waals surface area contributed by atoms with Crippen LogP contribution in [0.25, 0.3) is 77.2 Å². The maximum absolute atomic E-state index is 2.59. The Morgan fingerprint density at radius 2 is 0.939 bits per heavy atom. The minimum atomic E-state index is -0.123. The first-order valence-electron chi connectivity index (χ1n) is 17.8. The van der Waals surface area contributed by atoms with Crippen LogP contribution >= 0.6 is 0 Å². The summed E-state index contributed by atoms with van der Waals surface area (Å²) in [6, 6.07) is 40.4. The van der Waals surface area contributed by atoms with Gasteiger partial charge in [-0.3, -0.25) is 0 Å². The lowest BCUT2D eigenvalue weighted by molar-refractivity contribution is 0.585. The van der Waals surface area contributed by atoms with Crippen LogP contribution in [0.5, 0.6) is 0 Å². The van der Waals surface area contributed by atoms with Gasteiger partial charge in [0, 0.05) is 5.41 Å². The van der Waals surface area contributed by atoms with E-state index in [4.69, 9.17) is 0 Å². The van der Waals surface area contributed by atoms with Crippen molar-refractivity contribution < 1.29 is 0 Å². The number of benzene rings is 7. The van der Waals surface area contributed by atoms with Crippen molar-refractivity contribution in [3.8, 4) is 55.6 Å². The molecule has 0 bridgehead atoms. The molecule has 49 heavy (non-hydrogen) atoms. The fourth-order valence-corrected chi connectivity index (χ4v) is 9.31. The summed E-state index contributed by atoms with van der Waals surface area (Å²) < 4.78 is 0. The smallest absolute Gasteiger partial charge is 0.0159 e. The van der Waals surface area contributed by atoms with Crippen molar-refractivity contribution >= 4 is 21.5 Å². The van der Waals surface area contributed by atoms with Gasteiger partial charge in [0.05, 0.1) is 0 Å². The summed E-state index contributed by atoms with van der Waals surface area (Å²) in [5.41, 5.74) is 22.9. The van der Waals surface area contributed by atoms with E-state index in [1.807, 2.05) is 0 Å². The van der Waals surface area contributed by atoms with Crippen LogP contribution in [-0.2, 0) is 10.8 Å². The van der Waals surface area contributed by atoms with Crippen molar-refractivity contribution in [2.45, 2.75) is 73.1 Å². The molecule has 0 amide bonds. The summed E-state index contributed by atoms with van der Waals surface area (Å²) in [6.45, 7) is 20.8. The predicted molar refractivity (Wildman–Crippen MR) is 212 cm³/mol. The molecule has 2 aliphatic carbocycles. The van der Waals surface area contributed by atoms with E-state index in [1.165, 1.54) is 116 Å². The van der Waals surface area contributed by atoms with Crippen LogP contribution in [0.4, 0.5) is 0 Å². The highest BCUT2D eigenvalue weighted by Gasteiger charge is 2.38. The number of hydrogen-bond donors (Lipinski definition) is 0. The largest absolute Gasteiger partial charge is 0.0610 e. The molecule has 0 saturated carbocycles. The number of rotatable bonds is 2. The highest BCUT2D eigenvalue weighted by atomic mass is 14.4. The van der Waals surface area contributed by atoms with Gasteiger partial charge >= 0.3 is 0 Å². The van der Waals surface area contributed by atoms with Gasteiger partial charge in [0.2, 0.25) is 0 Å². The Hall–Kier alpha value is -4.94. The topological polar surface area (TPSA) is 0 Å². The average molecular weight is 633 g/mol. The molecule has 0 spiro atoms. The van der Waals surface area contributed by atoms with Crippen LogP contribution in [0.2, 0.25) is 0 Å². The Balaban J connectivity index is 1.52. The second-order valence-electron chi connectivity index (χ2n) is 16.5. The second kappa shape index (κ2) is 10.1. The normalized spacial score (nSPS) is 14.0. The molecule has 0 nitrogen and oxygen atoms in total. The Kier molecular flexibility index (Phi) is 6.18. The quantitative estimate of drug-likeness (QED) is 0.178. The highest BCUT2D eigenvalue weighted by molar-refractivity contribution is 6.28. The zero-order chi connectivity index (χ0) is 34.1. The molecule has 0 aromatic heterocycles. The zero-order valence-electron chi connectivity index (χ0n) is 30.3. The van der Waals surface area contributed by atoms with Gasteiger partial charge in [0.1, 0.15) is 0 Å². The first kappa shape index (κ1) is 30.1. The van der Waals surface area contributed by atoms with Gasteiger partial charge in [-0.15, -0.1) is 0 Å². The van der Waals surface area contributed by atoms with Crippen molar-refractivity contribution in [1.29, 1.82) is 0 Å². The van der Waals surface area contributed by atoms with Gasteiger partial charge in [0.15, 0.2) is 0 Å². The monoisotopic (exact) mass is 632 g/mol. The molecule has 0 aliphatic heterocycles. The third-order valence-corrected chi connectivity index (χ3v) is 11.4. The van der Waals surface area contributed by atoms with Crippen LogP contribution in [0.3, 0.4) is 0 Å². The van der Waals surface area contributed by atoms with Crippen molar-refractivity contribution in [2.75, 3.05) is 0 Å². The lowest BCUT2D eigenvalue weighted by Gasteiger charge is -2.26. The maximum atomic E-state index is 2.59. The molecule has 9 rings (SSSR count). The van der Waals surface area contributed by atoms with Crippen LogP contribution < -0.4 is 0 Å². The molecule has 7 aromatic rings. The van der Waals surface area contributed by atoms with Crippen LogP contribution in [0, 0.1) is 27.7 Å². The van der Waals surface area contributed by atoms with Gasteiger partial charge in [-0.2, -0.15) is 0 Å². The molecule has 0 unspecified atom stereocenters. The van der Waals surface area contributed by atoms with E-state index in [9.17, 15) is 0 Å². The number of fused-ring (bicyclic) bond motifs is 7. The van der Waals surface area contributed by atoms with Crippen LogP contribution in [0.15, 0.2) is 103 Å². The molecule has 0 heterocycles. The molecule has 0 fully saturated rings. The van der Waals surface area contributed by atoms with E-state index >= 15 is 0 Å². The predicted octanol–water partition coefficient (Wildman–Crippen LogP) is 13.8. The fraction of sp³-hybridized carbons (Fsp3) is 0.224. The average Bonchev–Trinajstić information content (AvgIpc) is 3.47. The van der Waals surface area contributed by atoms with Gasteiger partial charge in [-0.05, 0) is 139 Å². The van der Waals surface area contributed by atoms with E-state index in [0.29, 0.717) is 0 Å². The summed E-state index contributed by atoms with van der Waals surface area (Å²) in [6.07, 6.45) is 0. The summed E-state index contributed by atoms with van der Waals surface area (Å²) in [7, 11) is 0. The molecule has 240 valence electrons. The standard InChI is InChI=1S/C49H44/c1-27-18-28(2)21-32(20-27)44-39-25-38-35-17-16-34(48(5,6)7)24-41(35)49(8,9)42(38)26-40(39)45(33-22-29(3)19-30(4)23-33)47-37-15-11-13-31-12-10-14-36(43(31)37)46(44)47/h10-26H,1-9H3. The van der Waals surface area contributed by atoms with Crippen molar-refractivity contribution in [3.63, 3.8) is 0 Å². The zero-order valence-corrected chi connectivity index (χ0v) is 30.3. The number of hydrogen-bond acceptors (Lipinski definition) is 0. The SMILES string of the molecule is Cc1cc(C)cc(-c2c3c(c(-c4cc(C)cc(C)c4)c4cc5c(cc24)-c2ccc(C(C)(C)C)cc2C5(C)C)-c2cccc4cccc-3c24)c1. The maximum Gasteiger partial charge on any atom is 0.0159 e. The molecule has 0 heteroatoms. The Bertz CT molecular complexity index is 2530. The highest BCUT2D eigenvalue weighted by Crippen LogP contribution is 2.60. The van der Waals surface area contributed by atoms with E-state index in [2.05, 4.69) is 165 Å². The van der Waals surface area contributed by atoms with E-state index in [0.717, 1.165) is 0 Å². The summed E-state index contributed by atoms with van der Waals surface area (Å²) in [5.74, 6) is 0. The molecular weight excluding hydrogens is 589 g/mol. The molecule has 0 radical (unpaired) electrons. The van der Waals surface area contributed by atoms with Crippen molar-refractivity contribution in [3.05, 3.63) is 142 Å². The number of aryl methyl sites for hydroxylation is 4. The first-order chi connectivity index (χ1) is 23.3. The van der Waals surface area contributed by atoms with Gasteiger partial charge in [-0.25, -0.2) is 0 Å². The minimum Gasteiger partial charge on any atom is -0.0610 e. The minimum absolute atomic E-state index is 0.0895. The van der Waals surface area contributed by atoms with E-state index in [-0.39, 0.29) is 10.8 Å². The van der Waals surface area contributed by atoms with Crippen LogP contribution in [0.1, 0.15) is 73.6 Å². The molecule has 0 saturated heterocycles.